The monoisotopic (exact) mass is 358 g/mol. The zero-order valence-electron chi connectivity index (χ0n) is 14.5. The lowest BCUT2D eigenvalue weighted by Crippen LogP contribution is -2.17. The highest BCUT2D eigenvalue weighted by Crippen LogP contribution is 2.14. The van der Waals surface area contributed by atoms with E-state index < -0.39 is 12.3 Å². The molecule has 2 heterocycles. The SMILES string of the molecule is COC(=O)c1ccnc(C(=N)c2ccc(O)cc2)c1.OC1CCCCO1. The predicted molar refractivity (Wildman–Crippen MR) is 95.4 cm³/mol. The van der Waals surface area contributed by atoms with Crippen molar-refractivity contribution in [2.75, 3.05) is 13.7 Å². The van der Waals surface area contributed by atoms with E-state index in [1.54, 1.807) is 12.1 Å². The van der Waals surface area contributed by atoms with Crippen LogP contribution < -0.4 is 0 Å². The lowest BCUT2D eigenvalue weighted by atomic mass is 10.1. The minimum Gasteiger partial charge on any atom is -0.508 e. The van der Waals surface area contributed by atoms with Gasteiger partial charge in [-0.2, -0.15) is 0 Å². The number of aliphatic hydroxyl groups excluding tert-OH is 1. The molecule has 7 nitrogen and oxygen atoms in total. The number of esters is 1. The topological polar surface area (TPSA) is 113 Å². The molecular weight excluding hydrogens is 336 g/mol. The molecule has 3 N–H and O–H groups in total. The number of phenolic OH excluding ortho intramolecular Hbond substituents is 1. The normalized spacial score (nSPS) is 16.2. The molecular formula is C19H22N2O5. The molecule has 0 saturated carbocycles. The van der Waals surface area contributed by atoms with E-state index in [2.05, 4.69) is 9.72 Å². The molecule has 0 bridgehead atoms. The van der Waals surface area contributed by atoms with Crippen LogP contribution in [-0.4, -0.2) is 46.9 Å². The molecule has 0 radical (unpaired) electrons. The van der Waals surface area contributed by atoms with Gasteiger partial charge in [0.05, 0.1) is 24.1 Å². The number of carbonyl (C=O) groups is 1. The van der Waals surface area contributed by atoms with Crippen molar-refractivity contribution in [3.05, 3.63) is 59.4 Å². The highest BCUT2D eigenvalue weighted by molar-refractivity contribution is 6.10. The van der Waals surface area contributed by atoms with Crippen LogP contribution in [0.25, 0.3) is 0 Å². The van der Waals surface area contributed by atoms with E-state index >= 15 is 0 Å². The maximum absolute atomic E-state index is 11.4. The average molecular weight is 358 g/mol. The summed E-state index contributed by atoms with van der Waals surface area (Å²) in [6.45, 7) is 0.737. The summed E-state index contributed by atoms with van der Waals surface area (Å²) in [5.41, 5.74) is 1.49. The summed E-state index contributed by atoms with van der Waals surface area (Å²) in [4.78, 5) is 15.5. The second-order valence-electron chi connectivity index (χ2n) is 5.66. The van der Waals surface area contributed by atoms with Gasteiger partial charge < -0.3 is 19.7 Å². The molecule has 1 fully saturated rings. The Morgan fingerprint density at radius 1 is 1.23 bits per heavy atom. The van der Waals surface area contributed by atoms with Crippen LogP contribution in [-0.2, 0) is 9.47 Å². The lowest BCUT2D eigenvalue weighted by Gasteiger charge is -2.16. The van der Waals surface area contributed by atoms with Crippen molar-refractivity contribution in [2.24, 2.45) is 0 Å². The summed E-state index contributed by atoms with van der Waals surface area (Å²) in [6, 6.07) is 9.25. The summed E-state index contributed by atoms with van der Waals surface area (Å²) in [5, 5.41) is 25.9. The summed E-state index contributed by atoms with van der Waals surface area (Å²) in [7, 11) is 1.30. The Labute approximate surface area is 151 Å². The molecule has 138 valence electrons. The first kappa shape index (κ1) is 19.6. The Bertz CT molecular complexity index is 740. The molecule has 1 aliphatic heterocycles. The van der Waals surface area contributed by atoms with Gasteiger partial charge in [0.2, 0.25) is 0 Å². The molecule has 1 unspecified atom stereocenters. The Morgan fingerprint density at radius 3 is 2.50 bits per heavy atom. The number of rotatable bonds is 3. The second-order valence-corrected chi connectivity index (χ2v) is 5.66. The van der Waals surface area contributed by atoms with Crippen LogP contribution in [0, 0.1) is 5.41 Å². The first-order chi connectivity index (χ1) is 12.5. The van der Waals surface area contributed by atoms with Gasteiger partial charge in [-0.05, 0) is 55.7 Å². The van der Waals surface area contributed by atoms with Crippen molar-refractivity contribution in [3.63, 3.8) is 0 Å². The molecule has 26 heavy (non-hydrogen) atoms. The predicted octanol–water partition coefficient (Wildman–Crippen LogP) is 2.50. The number of benzene rings is 1. The van der Waals surface area contributed by atoms with Gasteiger partial charge >= 0.3 is 5.97 Å². The quantitative estimate of drug-likeness (QED) is 0.574. The molecule has 1 aliphatic rings. The van der Waals surface area contributed by atoms with E-state index in [-0.39, 0.29) is 11.5 Å². The Balaban J connectivity index is 0.000000290. The van der Waals surface area contributed by atoms with Crippen LogP contribution >= 0.6 is 0 Å². The number of phenols is 1. The van der Waals surface area contributed by atoms with Gasteiger partial charge in [-0.25, -0.2) is 4.79 Å². The number of aromatic hydroxyl groups is 1. The highest BCUT2D eigenvalue weighted by Gasteiger charge is 2.11. The van der Waals surface area contributed by atoms with Gasteiger partial charge in [-0.3, -0.25) is 10.4 Å². The molecule has 2 aromatic rings. The van der Waals surface area contributed by atoms with Gasteiger partial charge in [0, 0.05) is 18.4 Å². The standard InChI is InChI=1S/C14H12N2O3.C5H10O2/c1-19-14(18)10-6-7-16-12(8-10)13(15)9-2-4-11(17)5-3-9;6-5-3-1-2-4-7-5/h2-8,15,17H,1H3;5-6H,1-4H2. The average Bonchev–Trinajstić information content (AvgIpc) is 2.68. The zero-order chi connectivity index (χ0) is 18.9. The fraction of sp³-hybridized carbons (Fsp3) is 0.316. The Morgan fingerprint density at radius 2 is 1.96 bits per heavy atom. The number of aromatic nitrogens is 1. The number of methoxy groups -OCH3 is 1. The van der Waals surface area contributed by atoms with E-state index in [4.69, 9.17) is 15.3 Å². The van der Waals surface area contributed by atoms with E-state index in [0.29, 0.717) is 16.8 Å². The molecule has 7 heteroatoms. The maximum Gasteiger partial charge on any atom is 0.337 e. The number of nitrogens with one attached hydrogen (secondary N) is 1. The lowest BCUT2D eigenvalue weighted by molar-refractivity contribution is -0.123. The molecule has 0 spiro atoms. The maximum atomic E-state index is 11.4. The molecule has 1 saturated heterocycles. The zero-order valence-corrected chi connectivity index (χ0v) is 14.5. The van der Waals surface area contributed by atoms with Crippen LogP contribution in [0.3, 0.4) is 0 Å². The van der Waals surface area contributed by atoms with E-state index in [1.165, 1.54) is 37.6 Å². The van der Waals surface area contributed by atoms with Crippen LogP contribution in [0.2, 0.25) is 0 Å². The van der Waals surface area contributed by atoms with E-state index in [0.717, 1.165) is 25.9 Å². The number of ether oxygens (including phenoxy) is 2. The fourth-order valence-electron chi connectivity index (χ4n) is 2.31. The summed E-state index contributed by atoms with van der Waals surface area (Å²) in [6.07, 6.45) is 4.03. The molecule has 1 atom stereocenters. The van der Waals surface area contributed by atoms with Gasteiger partial charge in [0.1, 0.15) is 5.75 Å². The third-order valence-electron chi connectivity index (χ3n) is 3.75. The van der Waals surface area contributed by atoms with Gasteiger partial charge in [0.25, 0.3) is 0 Å². The smallest absolute Gasteiger partial charge is 0.337 e. The first-order valence-electron chi connectivity index (χ1n) is 8.23. The number of pyridine rings is 1. The molecule has 1 aromatic heterocycles. The van der Waals surface area contributed by atoms with Crippen LogP contribution in [0.15, 0.2) is 42.6 Å². The highest BCUT2D eigenvalue weighted by atomic mass is 16.6. The minimum absolute atomic E-state index is 0.132. The number of aliphatic hydroxyl groups is 1. The van der Waals surface area contributed by atoms with Crippen molar-refractivity contribution in [1.29, 1.82) is 5.41 Å². The summed E-state index contributed by atoms with van der Waals surface area (Å²) < 4.78 is 9.46. The summed E-state index contributed by atoms with van der Waals surface area (Å²) >= 11 is 0. The number of hydrogen-bond donors (Lipinski definition) is 3. The third kappa shape index (κ3) is 5.65. The minimum atomic E-state index is -0.470. The molecule has 3 rings (SSSR count). The van der Waals surface area contributed by atoms with Crippen LogP contribution in [0.5, 0.6) is 5.75 Å². The fourth-order valence-corrected chi connectivity index (χ4v) is 2.31. The van der Waals surface area contributed by atoms with E-state index in [1.807, 2.05) is 0 Å². The van der Waals surface area contributed by atoms with Crippen molar-refractivity contribution in [3.8, 4) is 5.75 Å². The van der Waals surface area contributed by atoms with Crippen molar-refractivity contribution < 1.29 is 24.5 Å². The van der Waals surface area contributed by atoms with Gasteiger partial charge in [-0.15, -0.1) is 0 Å². The van der Waals surface area contributed by atoms with Gasteiger partial charge in [0.15, 0.2) is 6.29 Å². The van der Waals surface area contributed by atoms with Crippen molar-refractivity contribution >= 4 is 11.7 Å². The number of carbonyl (C=O) groups excluding carboxylic acids is 1. The molecule has 0 amide bonds. The Kier molecular flexibility index (Phi) is 7.25. The summed E-state index contributed by atoms with van der Waals surface area (Å²) in [5.74, 6) is -0.338. The van der Waals surface area contributed by atoms with Crippen molar-refractivity contribution in [1.82, 2.24) is 4.98 Å². The van der Waals surface area contributed by atoms with Crippen LogP contribution in [0.4, 0.5) is 0 Å². The van der Waals surface area contributed by atoms with Crippen LogP contribution in [0.1, 0.15) is 40.9 Å². The number of nitrogens with zero attached hydrogens (tertiary/aromatic N) is 1. The third-order valence-corrected chi connectivity index (χ3v) is 3.75. The molecule has 0 aliphatic carbocycles. The number of hydrogen-bond acceptors (Lipinski definition) is 7. The largest absolute Gasteiger partial charge is 0.508 e. The van der Waals surface area contributed by atoms with Crippen molar-refractivity contribution in [2.45, 2.75) is 25.6 Å². The second kappa shape index (κ2) is 9.65. The Hall–Kier alpha value is -2.77. The first-order valence-corrected chi connectivity index (χ1v) is 8.23. The van der Waals surface area contributed by atoms with E-state index in [9.17, 15) is 9.90 Å². The molecule has 1 aromatic carbocycles. The van der Waals surface area contributed by atoms with Gasteiger partial charge in [-0.1, -0.05) is 0 Å².